The van der Waals surface area contributed by atoms with E-state index in [2.05, 4.69) is 24.3 Å². The summed E-state index contributed by atoms with van der Waals surface area (Å²) >= 11 is 2.56. The molecule has 4 fully saturated rings. The first kappa shape index (κ1) is 55.2. The van der Waals surface area contributed by atoms with E-state index in [1.54, 1.807) is 40.6 Å². The molecule has 392 valence electrons. The number of benzene rings is 2. The maximum Gasteiger partial charge on any atom is 0.330 e. The molecule has 6 aliphatic heterocycles. The number of methoxy groups -OCH3 is 4. The SMILES string of the molecule is COc1ccc(CN2C(=O)SC[C@H]2[C@@]2(OC)CC3C[C@@H](CCC/C=C/CC/C(C)=C\C(=O)O3)O2)cc1.COc1ccc(CN2C(=O)SC[C@H]2[C@@]2(OC)CC3C[C@@H](CCC/C=C\CC/C(C)=C\C(=O)O3)O2)cc1. The molecule has 0 saturated carbocycles. The molecule has 8 atom stereocenters. The second kappa shape index (κ2) is 26.6. The molecule has 6 aliphatic rings. The maximum atomic E-state index is 13.0. The number of nitrogens with zero attached hydrogens (tertiary/aromatic N) is 2. The highest BCUT2D eigenvalue weighted by Gasteiger charge is 2.56. The first-order chi connectivity index (χ1) is 34.8. The molecule has 4 saturated heterocycles. The fourth-order valence-corrected chi connectivity index (χ4v) is 12.6. The van der Waals surface area contributed by atoms with E-state index < -0.39 is 11.6 Å². The predicted octanol–water partition coefficient (Wildman–Crippen LogP) is 11.3. The van der Waals surface area contributed by atoms with Gasteiger partial charge < -0.3 is 47.7 Å². The lowest BCUT2D eigenvalue weighted by Crippen LogP contribution is -2.60. The second-order valence-corrected chi connectivity index (χ2v) is 21.5. The van der Waals surface area contributed by atoms with Crippen LogP contribution in [0.4, 0.5) is 9.59 Å². The van der Waals surface area contributed by atoms with Crippen LogP contribution in [0.25, 0.3) is 0 Å². The molecule has 14 nitrogen and oxygen atoms in total. The summed E-state index contributed by atoms with van der Waals surface area (Å²) < 4.78 is 48.0. The molecule has 2 amide bonds. The van der Waals surface area contributed by atoms with Crippen molar-refractivity contribution in [3.05, 3.63) is 107 Å². The topological polar surface area (TPSA) is 149 Å². The summed E-state index contributed by atoms with van der Waals surface area (Å²) in [5.74, 6) is -0.0978. The van der Waals surface area contributed by atoms with Gasteiger partial charge in [-0.3, -0.25) is 9.59 Å². The molecule has 2 aromatic rings. The Balaban J connectivity index is 0.000000211. The monoisotopic (exact) mass is 1030 g/mol. The first-order valence-corrected chi connectivity index (χ1v) is 27.5. The van der Waals surface area contributed by atoms with E-state index >= 15 is 0 Å². The Morgan fingerprint density at radius 3 is 1.32 bits per heavy atom. The van der Waals surface area contributed by atoms with Gasteiger partial charge in [-0.2, -0.15) is 0 Å². The van der Waals surface area contributed by atoms with Gasteiger partial charge in [0.05, 0.1) is 38.5 Å². The lowest BCUT2D eigenvalue weighted by atomic mass is 9.90. The summed E-state index contributed by atoms with van der Waals surface area (Å²) in [5, 5.41) is -0.00491. The number of esters is 2. The Hall–Kier alpha value is -4.58. The zero-order chi connectivity index (χ0) is 51.1. The first-order valence-electron chi connectivity index (χ1n) is 25.5. The molecule has 2 aromatic carbocycles. The molecule has 2 unspecified atom stereocenters. The molecular formula is C56H74N2O12S2. The van der Waals surface area contributed by atoms with Crippen LogP contribution >= 0.6 is 23.5 Å². The largest absolute Gasteiger partial charge is 0.497 e. The normalized spacial score (nSPS) is 32.2. The van der Waals surface area contributed by atoms with Crippen LogP contribution in [-0.4, -0.2) is 120 Å². The van der Waals surface area contributed by atoms with E-state index in [1.807, 2.05) is 72.2 Å². The zero-order valence-corrected chi connectivity index (χ0v) is 44.5. The van der Waals surface area contributed by atoms with Gasteiger partial charge in [-0.1, -0.05) is 83.2 Å². The van der Waals surface area contributed by atoms with Crippen LogP contribution in [0.3, 0.4) is 0 Å². The molecule has 8 rings (SSSR count). The zero-order valence-electron chi connectivity index (χ0n) is 42.9. The van der Waals surface area contributed by atoms with Crippen molar-refractivity contribution in [1.29, 1.82) is 0 Å². The van der Waals surface area contributed by atoms with Gasteiger partial charge in [0.1, 0.15) is 23.7 Å². The van der Waals surface area contributed by atoms with E-state index in [0.29, 0.717) is 50.3 Å². The van der Waals surface area contributed by atoms with Crippen molar-refractivity contribution < 1.29 is 57.1 Å². The summed E-state index contributed by atoms with van der Waals surface area (Å²) in [7, 11) is 6.53. The van der Waals surface area contributed by atoms with Crippen LogP contribution in [0.5, 0.6) is 11.5 Å². The Morgan fingerprint density at radius 1 is 0.556 bits per heavy atom. The van der Waals surface area contributed by atoms with E-state index in [9.17, 15) is 19.2 Å². The lowest BCUT2D eigenvalue weighted by Gasteiger charge is -2.48. The number of allylic oxidation sites excluding steroid dienone is 6. The summed E-state index contributed by atoms with van der Waals surface area (Å²) in [5.41, 5.74) is 4.01. The molecule has 0 N–H and O–H groups in total. The average Bonchev–Trinajstić information content (AvgIpc) is 3.93. The third-order valence-electron chi connectivity index (χ3n) is 14.3. The number of amides is 2. The number of ether oxygens (including phenoxy) is 8. The summed E-state index contributed by atoms with van der Waals surface area (Å²) in [6.45, 7) is 4.81. The van der Waals surface area contributed by atoms with Crippen molar-refractivity contribution in [1.82, 2.24) is 9.80 Å². The van der Waals surface area contributed by atoms with E-state index in [4.69, 9.17) is 37.9 Å². The van der Waals surface area contributed by atoms with E-state index in [0.717, 1.165) is 98.0 Å². The summed E-state index contributed by atoms with van der Waals surface area (Å²) in [6.07, 6.45) is 22.2. The summed E-state index contributed by atoms with van der Waals surface area (Å²) in [6, 6.07) is 14.8. The van der Waals surface area contributed by atoms with Gasteiger partial charge in [0, 0.05) is 76.7 Å². The molecule has 16 heteroatoms. The minimum Gasteiger partial charge on any atom is -0.497 e. The standard InChI is InChI=1S/2C28H37NO6S/c2*1-20-9-7-5-4-6-8-10-23-16-24(34-26(30)15-20)17-28(33-3,35-23)25-19-36-27(31)29(25)18-21-11-13-22(32-2)14-12-21/h2*4-5,11-15,23-25H,6-10,16-19H2,1-3H3/b5-4+,20-15-;5-4-,20-15-/t2*23-,24?,25+,28-/m11/s1. The number of hydrogen-bond acceptors (Lipinski definition) is 14. The molecule has 4 bridgehead atoms. The van der Waals surface area contributed by atoms with Crippen LogP contribution in [0, 0.1) is 0 Å². The van der Waals surface area contributed by atoms with E-state index in [1.165, 1.54) is 23.5 Å². The molecule has 6 heterocycles. The third kappa shape index (κ3) is 14.8. The number of carbonyl (C=O) groups is 4. The Morgan fingerprint density at radius 2 is 0.944 bits per heavy atom. The Labute approximate surface area is 434 Å². The molecule has 0 radical (unpaired) electrons. The van der Waals surface area contributed by atoms with Crippen molar-refractivity contribution in [3.8, 4) is 11.5 Å². The molecule has 0 aliphatic carbocycles. The number of fused-ring (bicyclic) bond motifs is 4. The van der Waals surface area contributed by atoms with Gasteiger partial charge in [-0.15, -0.1) is 0 Å². The Bertz CT molecular complexity index is 2110. The Kier molecular flexibility index (Phi) is 20.4. The van der Waals surface area contributed by atoms with Crippen LogP contribution in [0.1, 0.15) is 115 Å². The number of rotatable bonds is 10. The van der Waals surface area contributed by atoms with Crippen LogP contribution < -0.4 is 9.47 Å². The molecular weight excluding hydrogens is 957 g/mol. The van der Waals surface area contributed by atoms with Gasteiger partial charge in [-0.05, 0) is 113 Å². The predicted molar refractivity (Wildman–Crippen MR) is 280 cm³/mol. The van der Waals surface area contributed by atoms with Gasteiger partial charge in [-0.25, -0.2) is 9.59 Å². The van der Waals surface area contributed by atoms with Crippen LogP contribution in [0.15, 0.2) is 96.1 Å². The van der Waals surface area contributed by atoms with Gasteiger partial charge in [0.25, 0.3) is 10.5 Å². The fraction of sp³-hybridized carbons (Fsp3) is 0.571. The van der Waals surface area contributed by atoms with Gasteiger partial charge >= 0.3 is 11.9 Å². The van der Waals surface area contributed by atoms with Crippen LogP contribution in [0.2, 0.25) is 0 Å². The number of hydrogen-bond donors (Lipinski definition) is 0. The number of thioether (sulfide) groups is 2. The average molecular weight is 1030 g/mol. The molecule has 72 heavy (non-hydrogen) atoms. The van der Waals surface area contributed by atoms with E-state index in [-0.39, 0.29) is 58.9 Å². The van der Waals surface area contributed by atoms with Crippen molar-refractivity contribution in [2.24, 2.45) is 0 Å². The third-order valence-corrected chi connectivity index (χ3v) is 16.2. The van der Waals surface area contributed by atoms with Gasteiger partial charge in [0.15, 0.2) is 11.6 Å². The van der Waals surface area contributed by atoms with Gasteiger partial charge in [0.2, 0.25) is 0 Å². The molecule has 0 spiro atoms. The van der Waals surface area contributed by atoms with Crippen molar-refractivity contribution in [2.75, 3.05) is 39.9 Å². The molecule has 0 aromatic heterocycles. The fourth-order valence-electron chi connectivity index (χ4n) is 10.4. The van der Waals surface area contributed by atoms with Crippen molar-refractivity contribution in [2.45, 2.75) is 165 Å². The highest BCUT2D eigenvalue weighted by Crippen LogP contribution is 2.45. The quantitative estimate of drug-likeness (QED) is 0.164. The second-order valence-electron chi connectivity index (χ2n) is 19.5. The number of carbonyl (C=O) groups excluding carboxylic acids is 4. The smallest absolute Gasteiger partial charge is 0.330 e. The lowest BCUT2D eigenvalue weighted by molar-refractivity contribution is -0.306. The highest BCUT2D eigenvalue weighted by molar-refractivity contribution is 8.14. The highest BCUT2D eigenvalue weighted by atomic mass is 32.2. The minimum absolute atomic E-state index is 0.00246. The van der Waals surface area contributed by atoms with Crippen molar-refractivity contribution >= 4 is 45.9 Å². The maximum absolute atomic E-state index is 13.0. The summed E-state index contributed by atoms with van der Waals surface area (Å²) in [4.78, 5) is 55.1. The minimum atomic E-state index is -1.05. The van der Waals surface area contributed by atoms with Crippen LogP contribution in [-0.2, 0) is 51.1 Å². The van der Waals surface area contributed by atoms with Crippen molar-refractivity contribution in [3.63, 3.8) is 0 Å².